The van der Waals surface area contributed by atoms with E-state index < -0.39 is 0 Å². The molecular formula is C20H20N2O2. The van der Waals surface area contributed by atoms with Gasteiger partial charge in [-0.3, -0.25) is 4.99 Å². The number of nitrogens with zero attached hydrogens (tertiary/aromatic N) is 2. The Morgan fingerprint density at radius 3 is 2.83 bits per heavy atom. The average molecular weight is 320 g/mol. The van der Waals surface area contributed by atoms with Gasteiger partial charge in [-0.25, -0.2) is 4.98 Å². The number of aromatic nitrogens is 1. The molecule has 3 aliphatic rings. The molecule has 3 aliphatic carbocycles. The maximum absolute atomic E-state index is 9.99. The molecule has 1 aromatic heterocycles. The first-order chi connectivity index (χ1) is 11.6. The Morgan fingerprint density at radius 1 is 1.25 bits per heavy atom. The quantitative estimate of drug-likeness (QED) is 0.852. The molecule has 2 saturated carbocycles. The Bertz CT molecular complexity index is 852. The Labute approximate surface area is 140 Å². The van der Waals surface area contributed by atoms with Gasteiger partial charge in [0.05, 0.1) is 6.21 Å². The first-order valence-electron chi connectivity index (χ1n) is 8.64. The van der Waals surface area contributed by atoms with Gasteiger partial charge in [-0.05, 0) is 54.6 Å². The van der Waals surface area contributed by atoms with E-state index in [9.17, 15) is 5.11 Å². The molecule has 0 radical (unpaired) electrons. The maximum atomic E-state index is 9.99. The maximum Gasteiger partial charge on any atom is 0.312 e. The van der Waals surface area contributed by atoms with Gasteiger partial charge in [-0.1, -0.05) is 31.2 Å². The highest BCUT2D eigenvalue weighted by molar-refractivity contribution is 5.81. The highest BCUT2D eigenvalue weighted by atomic mass is 16.5. The van der Waals surface area contributed by atoms with Crippen LogP contribution in [-0.4, -0.2) is 16.3 Å². The molecule has 4 heteroatoms. The van der Waals surface area contributed by atoms with Crippen LogP contribution < -0.4 is 0 Å². The number of hydrogen-bond donors (Lipinski definition) is 1. The number of aliphatic imine (C=N–C) groups is 1. The van der Waals surface area contributed by atoms with Crippen molar-refractivity contribution in [3.8, 4) is 17.4 Å². The van der Waals surface area contributed by atoms with Gasteiger partial charge in [0, 0.05) is 11.3 Å². The summed E-state index contributed by atoms with van der Waals surface area (Å²) >= 11 is 0. The zero-order chi connectivity index (χ0) is 16.3. The fourth-order valence-electron chi connectivity index (χ4n) is 4.84. The predicted molar refractivity (Wildman–Crippen MR) is 91.7 cm³/mol. The van der Waals surface area contributed by atoms with E-state index in [0.717, 1.165) is 29.5 Å². The predicted octanol–water partition coefficient (Wildman–Crippen LogP) is 4.42. The molecule has 1 N–H and O–H groups in total. The largest absolute Gasteiger partial charge is 0.479 e. The van der Waals surface area contributed by atoms with Crippen LogP contribution in [0.2, 0.25) is 0 Å². The SMILES string of the molecule is CC12C3C=C(N=Cc4nc(-c5ccccc5)oc4O)CC1CC2C3. The minimum absolute atomic E-state index is 0.175. The molecule has 0 bridgehead atoms. The zero-order valence-electron chi connectivity index (χ0n) is 13.6. The van der Waals surface area contributed by atoms with Gasteiger partial charge < -0.3 is 9.52 Å². The molecular weight excluding hydrogens is 300 g/mol. The summed E-state index contributed by atoms with van der Waals surface area (Å²) < 4.78 is 5.37. The summed E-state index contributed by atoms with van der Waals surface area (Å²) in [5.74, 6) is 2.66. The summed E-state index contributed by atoms with van der Waals surface area (Å²) in [6.45, 7) is 2.44. The lowest BCUT2D eigenvalue weighted by Gasteiger charge is -2.69. The van der Waals surface area contributed by atoms with Crippen molar-refractivity contribution in [2.24, 2.45) is 28.2 Å². The number of hydrogen-bond acceptors (Lipinski definition) is 4. The van der Waals surface area contributed by atoms with Gasteiger partial charge in [0.1, 0.15) is 0 Å². The first kappa shape index (κ1) is 14.0. The van der Waals surface area contributed by atoms with Gasteiger partial charge in [0.2, 0.25) is 5.89 Å². The van der Waals surface area contributed by atoms with Crippen LogP contribution in [0.3, 0.4) is 0 Å². The van der Waals surface area contributed by atoms with Gasteiger partial charge in [0.15, 0.2) is 5.69 Å². The highest BCUT2D eigenvalue weighted by Crippen LogP contribution is 2.71. The van der Waals surface area contributed by atoms with E-state index in [2.05, 4.69) is 23.0 Å². The van der Waals surface area contributed by atoms with E-state index in [0.29, 0.717) is 22.9 Å². The molecule has 0 aliphatic heterocycles. The van der Waals surface area contributed by atoms with Gasteiger partial charge >= 0.3 is 5.95 Å². The monoisotopic (exact) mass is 320 g/mol. The minimum atomic E-state index is -0.175. The lowest BCUT2D eigenvalue weighted by Crippen LogP contribution is -2.61. The molecule has 1 aromatic carbocycles. The lowest BCUT2D eigenvalue weighted by molar-refractivity contribution is -0.172. The van der Waals surface area contributed by atoms with E-state index >= 15 is 0 Å². The summed E-state index contributed by atoms with van der Waals surface area (Å²) in [4.78, 5) is 8.96. The Morgan fingerprint density at radius 2 is 2.08 bits per heavy atom. The Kier molecular flexibility index (Phi) is 2.82. The Hall–Kier alpha value is -2.36. The molecule has 4 atom stereocenters. The summed E-state index contributed by atoms with van der Waals surface area (Å²) in [5, 5.41) is 9.99. The molecule has 0 saturated heterocycles. The van der Waals surface area contributed by atoms with Crippen LogP contribution in [0, 0.1) is 23.2 Å². The van der Waals surface area contributed by atoms with Crippen molar-refractivity contribution in [3.05, 3.63) is 47.8 Å². The third-order valence-electron chi connectivity index (χ3n) is 6.52. The second-order valence-electron chi connectivity index (χ2n) is 7.53. The smallest absolute Gasteiger partial charge is 0.312 e. The topological polar surface area (TPSA) is 58.6 Å². The van der Waals surface area contributed by atoms with E-state index in [1.807, 2.05) is 30.3 Å². The van der Waals surface area contributed by atoms with Crippen molar-refractivity contribution in [1.29, 1.82) is 0 Å². The second kappa shape index (κ2) is 4.82. The van der Waals surface area contributed by atoms with Crippen molar-refractivity contribution in [2.45, 2.75) is 26.2 Å². The lowest BCUT2D eigenvalue weighted by atomic mass is 9.36. The molecule has 24 heavy (non-hydrogen) atoms. The zero-order valence-corrected chi connectivity index (χ0v) is 13.6. The van der Waals surface area contributed by atoms with Gasteiger partial charge in [-0.15, -0.1) is 0 Å². The van der Waals surface area contributed by atoms with E-state index in [-0.39, 0.29) is 5.95 Å². The number of benzene rings is 1. The normalized spacial score (nSPS) is 33.5. The summed E-state index contributed by atoms with van der Waals surface area (Å²) in [6, 6.07) is 9.57. The van der Waals surface area contributed by atoms with Crippen LogP contribution in [0.4, 0.5) is 0 Å². The van der Waals surface area contributed by atoms with Crippen molar-refractivity contribution in [2.75, 3.05) is 0 Å². The van der Waals surface area contributed by atoms with Crippen LogP contribution in [0.25, 0.3) is 11.5 Å². The summed E-state index contributed by atoms with van der Waals surface area (Å²) in [6.07, 6.45) is 7.68. The van der Waals surface area contributed by atoms with E-state index in [1.165, 1.54) is 12.8 Å². The second-order valence-corrected chi connectivity index (χ2v) is 7.53. The van der Waals surface area contributed by atoms with E-state index in [1.54, 1.807) is 6.21 Å². The van der Waals surface area contributed by atoms with Crippen molar-refractivity contribution >= 4 is 6.21 Å². The summed E-state index contributed by atoms with van der Waals surface area (Å²) in [7, 11) is 0. The number of rotatable bonds is 3. The molecule has 0 spiro atoms. The molecule has 122 valence electrons. The fourth-order valence-corrected chi connectivity index (χ4v) is 4.84. The molecule has 2 fully saturated rings. The minimum Gasteiger partial charge on any atom is -0.479 e. The van der Waals surface area contributed by atoms with Crippen LogP contribution in [0.1, 0.15) is 31.9 Å². The van der Waals surface area contributed by atoms with E-state index in [4.69, 9.17) is 4.42 Å². The third-order valence-corrected chi connectivity index (χ3v) is 6.52. The molecule has 4 unspecified atom stereocenters. The highest BCUT2D eigenvalue weighted by Gasteiger charge is 2.63. The fraction of sp³-hybridized carbons (Fsp3) is 0.400. The number of aromatic hydroxyl groups is 1. The van der Waals surface area contributed by atoms with Gasteiger partial charge in [0.25, 0.3) is 0 Å². The first-order valence-corrected chi connectivity index (χ1v) is 8.64. The Balaban J connectivity index is 1.39. The number of oxazole rings is 1. The van der Waals surface area contributed by atoms with Crippen molar-refractivity contribution in [3.63, 3.8) is 0 Å². The van der Waals surface area contributed by atoms with Crippen molar-refractivity contribution in [1.82, 2.24) is 4.98 Å². The summed E-state index contributed by atoms with van der Waals surface area (Å²) in [5.41, 5.74) is 2.91. The number of allylic oxidation sites excluding steroid dienone is 2. The molecule has 0 amide bonds. The van der Waals surface area contributed by atoms with Crippen LogP contribution in [0.5, 0.6) is 5.95 Å². The average Bonchev–Trinajstić information content (AvgIpc) is 2.95. The molecule has 4 nitrogen and oxygen atoms in total. The van der Waals surface area contributed by atoms with Crippen LogP contribution >= 0.6 is 0 Å². The van der Waals surface area contributed by atoms with Crippen molar-refractivity contribution < 1.29 is 9.52 Å². The van der Waals surface area contributed by atoms with Gasteiger partial charge in [-0.2, -0.15) is 0 Å². The third kappa shape index (κ3) is 1.86. The van der Waals surface area contributed by atoms with Crippen LogP contribution in [0.15, 0.2) is 51.5 Å². The molecule has 5 rings (SSSR count). The standard InChI is InChI=1S/C20H20N2O2/c1-20-13-7-14(20)9-16(10-15(20)8-13)21-11-17-19(23)24-18(22-17)12-5-3-2-4-6-12/h2-6,9,11,13-15,23H,7-8,10H2,1H3. The van der Waals surface area contributed by atoms with Crippen LogP contribution in [-0.2, 0) is 0 Å². The molecule has 2 aromatic rings. The molecule has 1 heterocycles.